The normalized spacial score (nSPS) is 11.4. The number of ether oxygens (including phenoxy) is 1. The van der Waals surface area contributed by atoms with Gasteiger partial charge in [0.1, 0.15) is 6.61 Å². The van der Waals surface area contributed by atoms with Crippen molar-refractivity contribution in [2.24, 2.45) is 5.73 Å². The van der Waals surface area contributed by atoms with E-state index in [1.165, 1.54) is 0 Å². The number of nitrogens with one attached hydrogen (secondary N) is 1. The second kappa shape index (κ2) is 11.1. The van der Waals surface area contributed by atoms with Gasteiger partial charge in [0.25, 0.3) is 0 Å². The molecule has 0 fully saturated rings. The zero-order chi connectivity index (χ0) is 24.8. The number of pyridine rings is 1. The van der Waals surface area contributed by atoms with Gasteiger partial charge in [-0.3, -0.25) is 5.32 Å². The van der Waals surface area contributed by atoms with Gasteiger partial charge in [0.05, 0.1) is 23.0 Å². The maximum atomic E-state index is 12.7. The summed E-state index contributed by atoms with van der Waals surface area (Å²) < 4.78 is 7.31. The molecule has 3 N–H and O–H groups in total. The van der Waals surface area contributed by atoms with Crippen LogP contribution in [-0.2, 0) is 17.9 Å². The number of benzene rings is 2. The Hall–Kier alpha value is -3.75. The van der Waals surface area contributed by atoms with Crippen molar-refractivity contribution in [1.29, 1.82) is 0 Å². The van der Waals surface area contributed by atoms with Crippen LogP contribution in [0.3, 0.4) is 0 Å². The quantitative estimate of drug-likeness (QED) is 0.362. The number of nitrogens with two attached hydrogens (primary N) is 1. The molecule has 182 valence electrons. The minimum absolute atomic E-state index is 0.115. The van der Waals surface area contributed by atoms with E-state index in [2.05, 4.69) is 41.3 Å². The Morgan fingerprint density at radius 3 is 2.63 bits per heavy atom. The largest absolute Gasteiger partial charge is 0.444 e. The van der Waals surface area contributed by atoms with Crippen LogP contribution < -0.4 is 11.1 Å². The lowest BCUT2D eigenvalue weighted by atomic mass is 10.1. The van der Waals surface area contributed by atoms with Crippen molar-refractivity contribution in [1.82, 2.24) is 19.7 Å². The first kappa shape index (κ1) is 24.4. The monoisotopic (exact) mass is 472 g/mol. The number of nitrogens with zero attached hydrogens (tertiary/aromatic N) is 4. The molecule has 8 heteroatoms. The maximum absolute atomic E-state index is 12.7. The first-order chi connectivity index (χ1) is 16.9. The molecule has 2 aromatic carbocycles. The summed E-state index contributed by atoms with van der Waals surface area (Å²) in [5, 5.41) is 8.18. The molecule has 0 radical (unpaired) electrons. The predicted molar refractivity (Wildman–Crippen MR) is 139 cm³/mol. The fraction of sp³-hybridized carbons (Fsp3) is 0.296. The third-order valence-corrected chi connectivity index (χ3v) is 5.69. The lowest BCUT2D eigenvalue weighted by molar-refractivity contribution is 0.155. The molecule has 0 atom stereocenters. The van der Waals surface area contributed by atoms with Crippen LogP contribution in [-0.4, -0.2) is 45.9 Å². The van der Waals surface area contributed by atoms with E-state index < -0.39 is 6.09 Å². The summed E-state index contributed by atoms with van der Waals surface area (Å²) in [4.78, 5) is 19.8. The molecule has 0 aliphatic rings. The number of carbonyl (C=O) groups excluding carboxylic acids is 1. The molecule has 4 rings (SSSR count). The summed E-state index contributed by atoms with van der Waals surface area (Å²) in [5.41, 5.74) is 10.8. The molecule has 0 spiro atoms. The predicted octanol–water partition coefficient (Wildman–Crippen LogP) is 4.82. The van der Waals surface area contributed by atoms with Gasteiger partial charge in [-0.05, 0) is 44.2 Å². The number of hydrogen-bond acceptors (Lipinski definition) is 6. The van der Waals surface area contributed by atoms with Crippen molar-refractivity contribution in [2.45, 2.75) is 33.0 Å². The van der Waals surface area contributed by atoms with Crippen molar-refractivity contribution in [3.63, 3.8) is 0 Å². The van der Waals surface area contributed by atoms with E-state index in [9.17, 15) is 4.79 Å². The van der Waals surface area contributed by atoms with Crippen molar-refractivity contribution >= 4 is 22.8 Å². The van der Waals surface area contributed by atoms with E-state index in [1.807, 2.05) is 60.3 Å². The van der Waals surface area contributed by atoms with Gasteiger partial charge in [0.2, 0.25) is 0 Å². The Labute approximate surface area is 205 Å². The van der Waals surface area contributed by atoms with E-state index in [4.69, 9.17) is 15.5 Å². The number of carbonyl (C=O) groups is 1. The minimum Gasteiger partial charge on any atom is -0.444 e. The van der Waals surface area contributed by atoms with Crippen LogP contribution in [0, 0.1) is 0 Å². The minimum atomic E-state index is -0.526. The van der Waals surface area contributed by atoms with Crippen LogP contribution in [0.25, 0.3) is 22.3 Å². The molecule has 8 nitrogen and oxygen atoms in total. The average molecular weight is 473 g/mol. The Kier molecular flexibility index (Phi) is 7.74. The smallest absolute Gasteiger partial charge is 0.411 e. The van der Waals surface area contributed by atoms with E-state index >= 15 is 0 Å². The highest BCUT2D eigenvalue weighted by atomic mass is 16.5. The molecule has 35 heavy (non-hydrogen) atoms. The van der Waals surface area contributed by atoms with Crippen LogP contribution in [0.15, 0.2) is 66.9 Å². The van der Waals surface area contributed by atoms with Crippen LogP contribution in [0.5, 0.6) is 0 Å². The Morgan fingerprint density at radius 2 is 1.89 bits per heavy atom. The van der Waals surface area contributed by atoms with Gasteiger partial charge < -0.3 is 15.4 Å². The van der Waals surface area contributed by atoms with E-state index in [-0.39, 0.29) is 12.6 Å². The van der Waals surface area contributed by atoms with Gasteiger partial charge in [-0.2, -0.15) is 5.10 Å². The number of fused-ring (bicyclic) bond motifs is 1. The summed E-state index contributed by atoms with van der Waals surface area (Å²) in [7, 11) is 2.05. The summed E-state index contributed by atoms with van der Waals surface area (Å²) in [5.74, 6) is 0. The van der Waals surface area contributed by atoms with Crippen molar-refractivity contribution in [3.8, 4) is 11.3 Å². The molecule has 0 unspecified atom stereocenters. The van der Waals surface area contributed by atoms with Gasteiger partial charge in [-0.1, -0.05) is 48.5 Å². The molecule has 0 saturated heterocycles. The average Bonchev–Trinajstić information content (AvgIpc) is 3.28. The zero-order valence-corrected chi connectivity index (χ0v) is 20.4. The molecule has 0 saturated carbocycles. The lowest BCUT2D eigenvalue weighted by Gasteiger charge is -2.16. The summed E-state index contributed by atoms with van der Waals surface area (Å²) >= 11 is 0. The SMILES string of the molecule is CC(C)n1ncc2c(NC(=O)OCc3ccccc3)cc(-c3cccc(CN(C)CCN)c3)nc21. The van der Waals surface area contributed by atoms with Gasteiger partial charge in [-0.25, -0.2) is 14.5 Å². The highest BCUT2D eigenvalue weighted by Gasteiger charge is 2.17. The molecule has 0 aliphatic carbocycles. The van der Waals surface area contributed by atoms with Crippen LogP contribution in [0.1, 0.15) is 31.0 Å². The van der Waals surface area contributed by atoms with Crippen molar-refractivity contribution < 1.29 is 9.53 Å². The molecule has 0 aliphatic heterocycles. The fourth-order valence-electron chi connectivity index (χ4n) is 3.96. The molecule has 0 bridgehead atoms. The fourth-order valence-corrected chi connectivity index (χ4v) is 3.96. The standard InChI is InChI=1S/C27H32N6O2/c1-19(2)33-26-23(16-29-33)25(31-27(34)35-18-20-8-5-4-6-9-20)15-24(30-26)22-11-7-10-21(14-22)17-32(3)13-12-28/h4-11,14-16,19H,12-13,17-18,28H2,1-3H3,(H,30,31,34). The Morgan fingerprint density at radius 1 is 1.11 bits per heavy atom. The third kappa shape index (κ3) is 6.03. The van der Waals surface area contributed by atoms with Crippen LogP contribution >= 0.6 is 0 Å². The zero-order valence-electron chi connectivity index (χ0n) is 20.4. The first-order valence-corrected chi connectivity index (χ1v) is 11.8. The van der Waals surface area contributed by atoms with Gasteiger partial charge in [0, 0.05) is 31.2 Å². The highest BCUT2D eigenvalue weighted by Crippen LogP contribution is 2.30. The van der Waals surface area contributed by atoms with E-state index in [1.54, 1.807) is 6.20 Å². The number of rotatable bonds is 9. The number of likely N-dealkylation sites (N-methyl/N-ethyl adjacent to an activating group) is 1. The molecule has 4 aromatic rings. The van der Waals surface area contributed by atoms with Gasteiger partial charge >= 0.3 is 6.09 Å². The summed E-state index contributed by atoms with van der Waals surface area (Å²) in [6, 6.07) is 19.8. The Bertz CT molecular complexity index is 1290. The molecule has 1 amide bonds. The number of hydrogen-bond donors (Lipinski definition) is 2. The van der Waals surface area contributed by atoms with E-state index in [0.29, 0.717) is 17.9 Å². The van der Waals surface area contributed by atoms with E-state index in [0.717, 1.165) is 40.9 Å². The van der Waals surface area contributed by atoms with Crippen LogP contribution in [0.2, 0.25) is 0 Å². The number of amides is 1. The van der Waals surface area contributed by atoms with Crippen molar-refractivity contribution in [2.75, 3.05) is 25.5 Å². The summed E-state index contributed by atoms with van der Waals surface area (Å²) in [6.07, 6.45) is 1.21. The number of aromatic nitrogens is 3. The first-order valence-electron chi connectivity index (χ1n) is 11.8. The van der Waals surface area contributed by atoms with Crippen molar-refractivity contribution in [3.05, 3.63) is 78.0 Å². The lowest BCUT2D eigenvalue weighted by Crippen LogP contribution is -2.24. The summed E-state index contributed by atoms with van der Waals surface area (Å²) in [6.45, 7) is 6.52. The molecular formula is C27H32N6O2. The van der Waals surface area contributed by atoms with Gasteiger partial charge in [0.15, 0.2) is 5.65 Å². The second-order valence-electron chi connectivity index (χ2n) is 8.89. The Balaban J connectivity index is 1.65. The topological polar surface area (TPSA) is 98.3 Å². The third-order valence-electron chi connectivity index (χ3n) is 5.69. The molecule has 2 aromatic heterocycles. The van der Waals surface area contributed by atoms with Gasteiger partial charge in [-0.15, -0.1) is 0 Å². The molecular weight excluding hydrogens is 440 g/mol. The number of anilines is 1. The molecule has 2 heterocycles. The second-order valence-corrected chi connectivity index (χ2v) is 8.89. The van der Waals surface area contributed by atoms with Crippen LogP contribution in [0.4, 0.5) is 10.5 Å². The highest BCUT2D eigenvalue weighted by molar-refractivity contribution is 5.99. The maximum Gasteiger partial charge on any atom is 0.411 e.